The number of rotatable bonds is 13. The van der Waals surface area contributed by atoms with Crippen LogP contribution in [0.3, 0.4) is 0 Å². The SMILES string of the molecule is CCNC(=NCCCCOCCc1ccccc1)NCCOCC. The Kier molecular flexibility index (Phi) is 12.8. The van der Waals surface area contributed by atoms with Gasteiger partial charge in [-0.2, -0.15) is 0 Å². The lowest BCUT2D eigenvalue weighted by Crippen LogP contribution is -2.39. The number of hydrogen-bond acceptors (Lipinski definition) is 3. The molecule has 136 valence electrons. The number of ether oxygens (including phenoxy) is 2. The Bertz CT molecular complexity index is 424. The Labute approximate surface area is 146 Å². The minimum absolute atomic E-state index is 0.705. The van der Waals surface area contributed by atoms with Gasteiger partial charge in [-0.3, -0.25) is 4.99 Å². The minimum Gasteiger partial charge on any atom is -0.381 e. The molecule has 5 nitrogen and oxygen atoms in total. The van der Waals surface area contributed by atoms with Crippen LogP contribution in [-0.4, -0.2) is 52.0 Å². The second kappa shape index (κ2) is 15.0. The van der Waals surface area contributed by atoms with Crippen LogP contribution < -0.4 is 10.6 Å². The summed E-state index contributed by atoms with van der Waals surface area (Å²) in [7, 11) is 0. The third kappa shape index (κ3) is 11.0. The van der Waals surface area contributed by atoms with Crippen molar-refractivity contribution >= 4 is 5.96 Å². The summed E-state index contributed by atoms with van der Waals surface area (Å²) in [4.78, 5) is 4.56. The van der Waals surface area contributed by atoms with Crippen LogP contribution in [0.15, 0.2) is 35.3 Å². The van der Waals surface area contributed by atoms with E-state index in [1.54, 1.807) is 0 Å². The van der Waals surface area contributed by atoms with Crippen LogP contribution in [0, 0.1) is 0 Å². The van der Waals surface area contributed by atoms with Crippen LogP contribution in [0.5, 0.6) is 0 Å². The van der Waals surface area contributed by atoms with Crippen molar-refractivity contribution in [3.8, 4) is 0 Å². The number of nitrogens with one attached hydrogen (secondary N) is 2. The van der Waals surface area contributed by atoms with Crippen molar-refractivity contribution in [2.24, 2.45) is 4.99 Å². The fourth-order valence-corrected chi connectivity index (χ4v) is 2.17. The van der Waals surface area contributed by atoms with Crippen LogP contribution in [0.1, 0.15) is 32.3 Å². The summed E-state index contributed by atoms with van der Waals surface area (Å²) in [6.45, 7) is 9.57. The molecule has 0 spiro atoms. The summed E-state index contributed by atoms with van der Waals surface area (Å²) in [6.07, 6.45) is 3.05. The van der Waals surface area contributed by atoms with Crippen molar-refractivity contribution in [2.45, 2.75) is 33.1 Å². The zero-order chi connectivity index (χ0) is 17.3. The van der Waals surface area contributed by atoms with E-state index in [1.807, 2.05) is 13.0 Å². The number of aliphatic imine (C=N–C) groups is 1. The third-order valence-corrected chi connectivity index (χ3v) is 3.43. The van der Waals surface area contributed by atoms with Crippen LogP contribution in [-0.2, 0) is 15.9 Å². The molecule has 0 aliphatic heterocycles. The molecule has 0 radical (unpaired) electrons. The lowest BCUT2D eigenvalue weighted by molar-refractivity contribution is 0.134. The van der Waals surface area contributed by atoms with Gasteiger partial charge in [-0.25, -0.2) is 0 Å². The van der Waals surface area contributed by atoms with Gasteiger partial charge in [0.25, 0.3) is 0 Å². The molecule has 1 aromatic carbocycles. The van der Waals surface area contributed by atoms with E-state index < -0.39 is 0 Å². The molecular formula is C19H33N3O2. The zero-order valence-corrected chi connectivity index (χ0v) is 15.2. The zero-order valence-electron chi connectivity index (χ0n) is 15.2. The van der Waals surface area contributed by atoms with Crippen molar-refractivity contribution in [3.63, 3.8) is 0 Å². The lowest BCUT2D eigenvalue weighted by atomic mass is 10.2. The van der Waals surface area contributed by atoms with E-state index in [1.165, 1.54) is 5.56 Å². The van der Waals surface area contributed by atoms with Crippen molar-refractivity contribution in [1.82, 2.24) is 10.6 Å². The molecule has 0 aromatic heterocycles. The standard InChI is InChI=1S/C19H33N3O2/c1-3-20-19(22-14-17-23-4-2)21-13-8-9-15-24-16-12-18-10-6-5-7-11-18/h5-7,10-11H,3-4,8-9,12-17H2,1-2H3,(H2,20,21,22). The summed E-state index contributed by atoms with van der Waals surface area (Å²) in [5.41, 5.74) is 1.33. The van der Waals surface area contributed by atoms with Gasteiger partial charge < -0.3 is 20.1 Å². The van der Waals surface area contributed by atoms with Gasteiger partial charge in [-0.15, -0.1) is 0 Å². The molecule has 0 atom stereocenters. The maximum absolute atomic E-state index is 5.69. The van der Waals surface area contributed by atoms with Gasteiger partial charge in [-0.05, 0) is 38.7 Å². The number of benzene rings is 1. The maximum Gasteiger partial charge on any atom is 0.191 e. The molecule has 0 aliphatic rings. The average molecular weight is 335 g/mol. The number of nitrogens with zero attached hydrogens (tertiary/aromatic N) is 1. The molecule has 0 heterocycles. The quantitative estimate of drug-likeness (QED) is 0.330. The lowest BCUT2D eigenvalue weighted by Gasteiger charge is -2.11. The van der Waals surface area contributed by atoms with E-state index in [0.717, 1.165) is 64.7 Å². The fourth-order valence-electron chi connectivity index (χ4n) is 2.17. The first kappa shape index (κ1) is 20.5. The van der Waals surface area contributed by atoms with Crippen molar-refractivity contribution in [3.05, 3.63) is 35.9 Å². The third-order valence-electron chi connectivity index (χ3n) is 3.43. The first-order chi connectivity index (χ1) is 11.9. The van der Waals surface area contributed by atoms with E-state index in [2.05, 4.69) is 46.8 Å². The summed E-state index contributed by atoms with van der Waals surface area (Å²) >= 11 is 0. The number of unbranched alkanes of at least 4 members (excludes halogenated alkanes) is 1. The molecule has 24 heavy (non-hydrogen) atoms. The molecule has 2 N–H and O–H groups in total. The highest BCUT2D eigenvalue weighted by Gasteiger charge is 1.97. The van der Waals surface area contributed by atoms with E-state index >= 15 is 0 Å². The molecule has 0 saturated carbocycles. The molecule has 0 amide bonds. The first-order valence-electron chi connectivity index (χ1n) is 9.08. The molecule has 0 unspecified atom stereocenters. The topological polar surface area (TPSA) is 54.9 Å². The molecule has 1 rings (SSSR count). The van der Waals surface area contributed by atoms with Gasteiger partial charge in [0.1, 0.15) is 0 Å². The maximum atomic E-state index is 5.69. The van der Waals surface area contributed by atoms with Crippen LogP contribution in [0.25, 0.3) is 0 Å². The monoisotopic (exact) mass is 335 g/mol. The van der Waals surface area contributed by atoms with Crippen molar-refractivity contribution in [1.29, 1.82) is 0 Å². The minimum atomic E-state index is 0.705. The van der Waals surface area contributed by atoms with Gasteiger partial charge in [0.2, 0.25) is 0 Å². The van der Waals surface area contributed by atoms with Gasteiger partial charge in [0.05, 0.1) is 13.2 Å². The smallest absolute Gasteiger partial charge is 0.191 e. The Morgan fingerprint density at radius 3 is 2.54 bits per heavy atom. The second-order valence-corrected chi connectivity index (χ2v) is 5.44. The van der Waals surface area contributed by atoms with E-state index in [0.29, 0.717) is 6.61 Å². The normalized spacial score (nSPS) is 11.5. The molecule has 0 saturated heterocycles. The van der Waals surface area contributed by atoms with E-state index in [-0.39, 0.29) is 0 Å². The first-order valence-corrected chi connectivity index (χ1v) is 9.08. The predicted octanol–water partition coefficient (Wildman–Crippen LogP) is 2.62. The highest BCUT2D eigenvalue weighted by molar-refractivity contribution is 5.79. The molecule has 0 bridgehead atoms. The molecule has 5 heteroatoms. The van der Waals surface area contributed by atoms with E-state index in [9.17, 15) is 0 Å². The molecule has 0 aliphatic carbocycles. The Morgan fingerprint density at radius 2 is 1.79 bits per heavy atom. The molecular weight excluding hydrogens is 302 g/mol. The molecule has 1 aromatic rings. The Hall–Kier alpha value is -1.59. The number of hydrogen-bond donors (Lipinski definition) is 2. The van der Waals surface area contributed by atoms with Crippen LogP contribution >= 0.6 is 0 Å². The summed E-state index contributed by atoms with van der Waals surface area (Å²) in [6, 6.07) is 10.4. The Morgan fingerprint density at radius 1 is 0.958 bits per heavy atom. The predicted molar refractivity (Wildman–Crippen MR) is 101 cm³/mol. The second-order valence-electron chi connectivity index (χ2n) is 5.44. The van der Waals surface area contributed by atoms with Crippen molar-refractivity contribution in [2.75, 3.05) is 46.1 Å². The van der Waals surface area contributed by atoms with Crippen molar-refractivity contribution < 1.29 is 9.47 Å². The highest BCUT2D eigenvalue weighted by atomic mass is 16.5. The summed E-state index contributed by atoms with van der Waals surface area (Å²) in [5.74, 6) is 0.863. The Balaban J connectivity index is 2.02. The largest absolute Gasteiger partial charge is 0.381 e. The van der Waals surface area contributed by atoms with Gasteiger partial charge in [0.15, 0.2) is 5.96 Å². The number of guanidine groups is 1. The van der Waals surface area contributed by atoms with E-state index in [4.69, 9.17) is 9.47 Å². The fraction of sp³-hybridized carbons (Fsp3) is 0.632. The highest BCUT2D eigenvalue weighted by Crippen LogP contribution is 2.00. The summed E-state index contributed by atoms with van der Waals surface area (Å²) in [5, 5.41) is 6.51. The van der Waals surface area contributed by atoms with Crippen LogP contribution in [0.2, 0.25) is 0 Å². The summed E-state index contributed by atoms with van der Waals surface area (Å²) < 4.78 is 11.0. The van der Waals surface area contributed by atoms with Crippen LogP contribution in [0.4, 0.5) is 0 Å². The van der Waals surface area contributed by atoms with Gasteiger partial charge in [-0.1, -0.05) is 30.3 Å². The molecule has 0 fully saturated rings. The van der Waals surface area contributed by atoms with Gasteiger partial charge in [0, 0.05) is 32.8 Å². The van der Waals surface area contributed by atoms with Gasteiger partial charge >= 0.3 is 0 Å². The average Bonchev–Trinajstić information content (AvgIpc) is 2.61.